The summed E-state index contributed by atoms with van der Waals surface area (Å²) >= 11 is 5.28. The minimum atomic E-state index is -1.36. The van der Waals surface area contributed by atoms with Crippen molar-refractivity contribution >= 4 is 11.6 Å². The summed E-state index contributed by atoms with van der Waals surface area (Å²) in [5.41, 5.74) is 5.59. The molecule has 1 unspecified atom stereocenters. The fourth-order valence-corrected chi connectivity index (χ4v) is 1.41. The van der Waals surface area contributed by atoms with Crippen LogP contribution in [0.1, 0.15) is 18.9 Å². The second kappa shape index (κ2) is 4.86. The molecule has 1 nitrogen and oxygen atoms in total. The van der Waals surface area contributed by atoms with Crippen molar-refractivity contribution in [2.24, 2.45) is 5.73 Å². The zero-order chi connectivity index (χ0) is 11.6. The predicted octanol–water partition coefficient (Wildman–Crippen LogP) is 3.04. The van der Waals surface area contributed by atoms with Gasteiger partial charge in [0.25, 0.3) is 0 Å². The Kier molecular flexibility index (Phi) is 3.99. The van der Waals surface area contributed by atoms with Gasteiger partial charge < -0.3 is 5.73 Å². The predicted molar refractivity (Wildman–Crippen MR) is 53.3 cm³/mol. The molecule has 0 aromatic heterocycles. The lowest BCUT2D eigenvalue weighted by Crippen LogP contribution is -2.22. The second-order valence-electron chi connectivity index (χ2n) is 3.33. The summed E-state index contributed by atoms with van der Waals surface area (Å²) in [6.07, 6.45) is 0.759. The van der Waals surface area contributed by atoms with E-state index in [4.69, 9.17) is 17.3 Å². The number of benzene rings is 1. The molecule has 1 atom stereocenters. The van der Waals surface area contributed by atoms with E-state index >= 15 is 0 Å². The van der Waals surface area contributed by atoms with Gasteiger partial charge in [-0.3, -0.25) is 0 Å². The molecule has 1 aromatic rings. The number of nitrogens with two attached hydrogens (primary N) is 1. The lowest BCUT2D eigenvalue weighted by molar-refractivity contribution is 0.487. The van der Waals surface area contributed by atoms with Crippen LogP contribution in [0.15, 0.2) is 6.07 Å². The fraction of sp³-hybridized carbons (Fsp3) is 0.400. The second-order valence-corrected chi connectivity index (χ2v) is 3.71. The van der Waals surface area contributed by atoms with E-state index in [9.17, 15) is 13.2 Å². The smallest absolute Gasteiger partial charge is 0.180 e. The SMILES string of the molecule is CCC(N)Cc1cc(F)c(F)c(Cl)c1F. The summed E-state index contributed by atoms with van der Waals surface area (Å²) in [6.45, 7) is 1.82. The molecule has 0 aliphatic carbocycles. The number of halogens is 4. The molecule has 5 heteroatoms. The van der Waals surface area contributed by atoms with Crippen LogP contribution in [0.4, 0.5) is 13.2 Å². The molecular weight excluding hydrogens is 227 g/mol. The van der Waals surface area contributed by atoms with Crippen LogP contribution >= 0.6 is 11.6 Å². The number of hydrogen-bond acceptors (Lipinski definition) is 1. The number of rotatable bonds is 3. The Morgan fingerprint density at radius 3 is 2.47 bits per heavy atom. The zero-order valence-electron chi connectivity index (χ0n) is 8.16. The van der Waals surface area contributed by atoms with Crippen LogP contribution in [0.3, 0.4) is 0 Å². The Balaban J connectivity index is 3.09. The molecule has 0 bridgehead atoms. The molecule has 15 heavy (non-hydrogen) atoms. The Morgan fingerprint density at radius 1 is 1.33 bits per heavy atom. The van der Waals surface area contributed by atoms with Crippen molar-refractivity contribution in [3.8, 4) is 0 Å². The highest BCUT2D eigenvalue weighted by molar-refractivity contribution is 6.31. The lowest BCUT2D eigenvalue weighted by Gasteiger charge is -2.10. The van der Waals surface area contributed by atoms with Crippen molar-refractivity contribution in [2.45, 2.75) is 25.8 Å². The van der Waals surface area contributed by atoms with Gasteiger partial charge in [0, 0.05) is 6.04 Å². The van der Waals surface area contributed by atoms with Crippen molar-refractivity contribution < 1.29 is 13.2 Å². The van der Waals surface area contributed by atoms with Crippen LogP contribution < -0.4 is 5.73 Å². The molecule has 0 heterocycles. The quantitative estimate of drug-likeness (QED) is 0.635. The maximum absolute atomic E-state index is 13.3. The van der Waals surface area contributed by atoms with E-state index in [-0.39, 0.29) is 18.0 Å². The van der Waals surface area contributed by atoms with Crippen LogP contribution in [0.5, 0.6) is 0 Å². The van der Waals surface area contributed by atoms with E-state index < -0.39 is 22.5 Å². The third kappa shape index (κ3) is 2.63. The monoisotopic (exact) mass is 237 g/mol. The van der Waals surface area contributed by atoms with Crippen LogP contribution in [-0.4, -0.2) is 6.04 Å². The summed E-state index contributed by atoms with van der Waals surface area (Å²) in [6, 6.07) is 0.506. The maximum Gasteiger partial charge on any atom is 0.180 e. The molecule has 0 aliphatic rings. The van der Waals surface area contributed by atoms with Gasteiger partial charge in [0.1, 0.15) is 10.8 Å². The first kappa shape index (κ1) is 12.3. The molecule has 0 radical (unpaired) electrons. The van der Waals surface area contributed by atoms with Crippen LogP contribution in [-0.2, 0) is 6.42 Å². The minimum Gasteiger partial charge on any atom is -0.327 e. The molecule has 0 saturated heterocycles. The summed E-state index contributed by atoms with van der Waals surface area (Å²) in [4.78, 5) is 0. The highest BCUT2D eigenvalue weighted by Crippen LogP contribution is 2.25. The molecule has 2 N–H and O–H groups in total. The van der Waals surface area contributed by atoms with E-state index in [1.54, 1.807) is 0 Å². The molecule has 0 amide bonds. The molecular formula is C10H11ClF3N. The average molecular weight is 238 g/mol. The summed E-state index contributed by atoms with van der Waals surface area (Å²) in [5, 5.41) is -0.812. The molecule has 1 rings (SSSR count). The van der Waals surface area contributed by atoms with Gasteiger partial charge in [-0.15, -0.1) is 0 Å². The first-order chi connectivity index (χ1) is 6.97. The average Bonchev–Trinajstić information content (AvgIpc) is 2.22. The topological polar surface area (TPSA) is 26.0 Å². The first-order valence-corrected chi connectivity index (χ1v) is 4.92. The van der Waals surface area contributed by atoms with Crippen molar-refractivity contribution in [1.82, 2.24) is 0 Å². The van der Waals surface area contributed by atoms with Gasteiger partial charge in [-0.05, 0) is 24.5 Å². The molecule has 0 saturated carbocycles. The normalized spacial score (nSPS) is 12.9. The molecule has 1 aromatic carbocycles. The van der Waals surface area contributed by atoms with Crippen LogP contribution in [0.25, 0.3) is 0 Å². The lowest BCUT2D eigenvalue weighted by atomic mass is 10.0. The maximum atomic E-state index is 13.3. The van der Waals surface area contributed by atoms with Crippen molar-refractivity contribution in [1.29, 1.82) is 0 Å². The van der Waals surface area contributed by atoms with Crippen molar-refractivity contribution in [2.75, 3.05) is 0 Å². The summed E-state index contributed by atoms with van der Waals surface area (Å²) in [7, 11) is 0. The van der Waals surface area contributed by atoms with E-state index in [2.05, 4.69) is 0 Å². The summed E-state index contributed by atoms with van der Waals surface area (Å²) < 4.78 is 39.1. The molecule has 0 aliphatic heterocycles. The summed E-state index contributed by atoms with van der Waals surface area (Å²) in [5.74, 6) is -3.44. The minimum absolute atomic E-state index is 0.00764. The Bertz CT molecular complexity index is 368. The van der Waals surface area contributed by atoms with E-state index in [0.717, 1.165) is 6.07 Å². The van der Waals surface area contributed by atoms with Gasteiger partial charge in [0.15, 0.2) is 11.6 Å². The van der Waals surface area contributed by atoms with Gasteiger partial charge in [0.05, 0.1) is 0 Å². The van der Waals surface area contributed by atoms with Gasteiger partial charge in [-0.1, -0.05) is 18.5 Å². The Morgan fingerprint density at radius 2 is 1.93 bits per heavy atom. The van der Waals surface area contributed by atoms with Crippen molar-refractivity contribution in [3.63, 3.8) is 0 Å². The largest absolute Gasteiger partial charge is 0.327 e. The van der Waals surface area contributed by atoms with Gasteiger partial charge in [-0.25, -0.2) is 13.2 Å². The highest BCUT2D eigenvalue weighted by atomic mass is 35.5. The fourth-order valence-electron chi connectivity index (χ4n) is 1.20. The van der Waals surface area contributed by atoms with Crippen LogP contribution in [0.2, 0.25) is 5.02 Å². The Labute approximate surface area is 91.0 Å². The third-order valence-corrected chi connectivity index (χ3v) is 2.52. The van der Waals surface area contributed by atoms with Gasteiger partial charge >= 0.3 is 0 Å². The zero-order valence-corrected chi connectivity index (χ0v) is 8.91. The highest BCUT2D eigenvalue weighted by Gasteiger charge is 2.18. The van der Waals surface area contributed by atoms with E-state index in [1.165, 1.54) is 0 Å². The first-order valence-electron chi connectivity index (χ1n) is 4.54. The third-order valence-electron chi connectivity index (χ3n) is 2.18. The van der Waals surface area contributed by atoms with E-state index in [0.29, 0.717) is 6.42 Å². The Hall–Kier alpha value is -0.740. The van der Waals surface area contributed by atoms with Crippen LogP contribution in [0, 0.1) is 17.5 Å². The van der Waals surface area contributed by atoms with Gasteiger partial charge in [-0.2, -0.15) is 0 Å². The van der Waals surface area contributed by atoms with Crippen molar-refractivity contribution in [3.05, 3.63) is 34.1 Å². The molecule has 0 spiro atoms. The van der Waals surface area contributed by atoms with Gasteiger partial charge in [0.2, 0.25) is 0 Å². The molecule has 0 fully saturated rings. The van der Waals surface area contributed by atoms with E-state index in [1.807, 2.05) is 6.92 Å². The number of hydrogen-bond donors (Lipinski definition) is 1. The molecule has 84 valence electrons. The standard InChI is InChI=1S/C10H11ClF3N/c1-2-6(15)3-5-4-7(12)10(14)8(11)9(5)13/h4,6H,2-3,15H2,1H3.